The lowest BCUT2D eigenvalue weighted by molar-refractivity contribution is 0.102. The highest BCUT2D eigenvalue weighted by Gasteiger charge is 2.12. The molecule has 4 N–H and O–H groups in total. The van der Waals surface area contributed by atoms with Crippen LogP contribution in [-0.4, -0.2) is 16.1 Å². The number of hydrogen-bond acceptors (Lipinski definition) is 3. The molecule has 1 amide bonds. The molecule has 0 radical (unpaired) electrons. The van der Waals surface area contributed by atoms with Gasteiger partial charge in [0.25, 0.3) is 5.91 Å². The molecular weight excluding hydrogens is 235 g/mol. The van der Waals surface area contributed by atoms with Crippen LogP contribution in [0.15, 0.2) is 18.2 Å². The number of aromatic amines is 1. The van der Waals surface area contributed by atoms with Gasteiger partial charge in [-0.25, -0.2) is 4.39 Å². The third-order valence-corrected chi connectivity index (χ3v) is 2.74. The van der Waals surface area contributed by atoms with Crippen LogP contribution >= 0.6 is 0 Å². The van der Waals surface area contributed by atoms with Gasteiger partial charge in [-0.1, -0.05) is 0 Å². The van der Waals surface area contributed by atoms with Crippen LogP contribution in [0.4, 0.5) is 15.9 Å². The zero-order valence-corrected chi connectivity index (χ0v) is 10.0. The Kier molecular flexibility index (Phi) is 3.01. The van der Waals surface area contributed by atoms with Gasteiger partial charge in [0.05, 0.1) is 5.69 Å². The van der Waals surface area contributed by atoms with Gasteiger partial charge in [0.2, 0.25) is 0 Å². The lowest BCUT2D eigenvalue weighted by Crippen LogP contribution is -2.13. The number of nitrogen functional groups attached to an aromatic ring is 1. The molecule has 0 atom stereocenters. The fourth-order valence-electron chi connectivity index (χ4n) is 1.47. The second-order valence-electron chi connectivity index (χ2n) is 4.01. The smallest absolute Gasteiger partial charge is 0.256 e. The summed E-state index contributed by atoms with van der Waals surface area (Å²) in [6, 6.07) is 3.82. The molecular formula is C12H13FN4O. The molecule has 0 bridgehead atoms. The number of halogens is 1. The zero-order valence-electron chi connectivity index (χ0n) is 10.0. The number of rotatable bonds is 2. The number of benzene rings is 1. The van der Waals surface area contributed by atoms with Crippen molar-refractivity contribution in [2.75, 3.05) is 11.1 Å². The van der Waals surface area contributed by atoms with Gasteiger partial charge in [-0.2, -0.15) is 5.10 Å². The highest BCUT2D eigenvalue weighted by atomic mass is 19.1. The first-order valence-electron chi connectivity index (χ1n) is 5.37. The van der Waals surface area contributed by atoms with Gasteiger partial charge in [0, 0.05) is 16.8 Å². The third-order valence-electron chi connectivity index (χ3n) is 2.74. The van der Waals surface area contributed by atoms with E-state index < -0.39 is 5.82 Å². The summed E-state index contributed by atoms with van der Waals surface area (Å²) in [5, 5.41) is 9.36. The summed E-state index contributed by atoms with van der Waals surface area (Å²) >= 11 is 0. The highest BCUT2D eigenvalue weighted by Crippen LogP contribution is 2.17. The molecule has 18 heavy (non-hydrogen) atoms. The number of hydrogen-bond donors (Lipinski definition) is 3. The number of nitrogens with one attached hydrogen (secondary N) is 2. The Bertz CT molecular complexity index is 606. The van der Waals surface area contributed by atoms with E-state index in [1.165, 1.54) is 12.1 Å². The summed E-state index contributed by atoms with van der Waals surface area (Å²) in [5.41, 5.74) is 7.38. The molecule has 0 spiro atoms. The Morgan fingerprint density at radius 1 is 1.44 bits per heavy atom. The first-order valence-corrected chi connectivity index (χ1v) is 5.37. The fourth-order valence-corrected chi connectivity index (χ4v) is 1.47. The van der Waals surface area contributed by atoms with E-state index in [4.69, 9.17) is 5.73 Å². The molecule has 5 nitrogen and oxygen atoms in total. The van der Waals surface area contributed by atoms with E-state index in [-0.39, 0.29) is 17.2 Å². The van der Waals surface area contributed by atoms with E-state index in [0.717, 1.165) is 17.3 Å². The van der Waals surface area contributed by atoms with Crippen molar-refractivity contribution < 1.29 is 9.18 Å². The maximum atomic E-state index is 13.0. The Labute approximate surface area is 103 Å². The van der Waals surface area contributed by atoms with Crippen LogP contribution in [0.5, 0.6) is 0 Å². The number of H-pyrrole nitrogens is 1. The predicted octanol–water partition coefficient (Wildman–Crippen LogP) is 2.00. The number of aryl methyl sites for hydroxylation is 1. The number of aromatic nitrogens is 2. The Balaban J connectivity index is 2.22. The average molecular weight is 248 g/mol. The van der Waals surface area contributed by atoms with Crippen molar-refractivity contribution >= 4 is 17.4 Å². The van der Waals surface area contributed by atoms with Gasteiger partial charge in [0.15, 0.2) is 5.82 Å². The normalized spacial score (nSPS) is 10.4. The van der Waals surface area contributed by atoms with Crippen molar-refractivity contribution in [2.24, 2.45) is 0 Å². The minimum atomic E-state index is -0.543. The highest BCUT2D eigenvalue weighted by molar-refractivity contribution is 6.04. The van der Waals surface area contributed by atoms with Crippen molar-refractivity contribution in [3.05, 3.63) is 40.8 Å². The average Bonchev–Trinajstić information content (AvgIpc) is 2.64. The van der Waals surface area contributed by atoms with E-state index in [1.54, 1.807) is 0 Å². The monoisotopic (exact) mass is 248 g/mol. The van der Waals surface area contributed by atoms with Gasteiger partial charge in [-0.05, 0) is 32.0 Å². The summed E-state index contributed by atoms with van der Waals surface area (Å²) in [6.45, 7) is 3.70. The summed E-state index contributed by atoms with van der Waals surface area (Å²) in [4.78, 5) is 11.9. The first kappa shape index (κ1) is 12.1. The molecule has 94 valence electrons. The fraction of sp³-hybridized carbons (Fsp3) is 0.167. The van der Waals surface area contributed by atoms with Crippen molar-refractivity contribution in [1.29, 1.82) is 0 Å². The van der Waals surface area contributed by atoms with Crippen LogP contribution in [0, 0.1) is 19.7 Å². The molecule has 0 fully saturated rings. The summed E-state index contributed by atoms with van der Waals surface area (Å²) in [6.07, 6.45) is 0. The second-order valence-corrected chi connectivity index (χ2v) is 4.01. The standard InChI is InChI=1S/C12H13FN4O/c1-6-7(2)16-17-11(6)15-12(18)8-3-4-9(13)10(14)5-8/h3-5H,14H2,1-2H3,(H2,15,16,17,18). The number of carbonyl (C=O) groups excluding carboxylic acids is 1. The van der Waals surface area contributed by atoms with Crippen LogP contribution in [0.3, 0.4) is 0 Å². The minimum absolute atomic E-state index is 0.0578. The lowest BCUT2D eigenvalue weighted by atomic mass is 10.2. The molecule has 0 aliphatic heterocycles. The van der Waals surface area contributed by atoms with Gasteiger partial charge >= 0.3 is 0 Å². The zero-order chi connectivity index (χ0) is 13.3. The van der Waals surface area contributed by atoms with Crippen LogP contribution in [0.25, 0.3) is 0 Å². The molecule has 1 aromatic heterocycles. The first-order chi connectivity index (χ1) is 8.49. The largest absolute Gasteiger partial charge is 0.396 e. The molecule has 0 saturated heterocycles. The lowest BCUT2D eigenvalue weighted by Gasteiger charge is -2.04. The van der Waals surface area contributed by atoms with Crippen LogP contribution in [0.2, 0.25) is 0 Å². The molecule has 0 aliphatic carbocycles. The summed E-state index contributed by atoms with van der Waals surface area (Å²) < 4.78 is 13.0. The minimum Gasteiger partial charge on any atom is -0.396 e. The van der Waals surface area contributed by atoms with Gasteiger partial charge in [-0.15, -0.1) is 0 Å². The topological polar surface area (TPSA) is 83.8 Å². The van der Waals surface area contributed by atoms with Crippen molar-refractivity contribution in [1.82, 2.24) is 10.2 Å². The third kappa shape index (κ3) is 2.17. The maximum absolute atomic E-state index is 13.0. The molecule has 0 unspecified atom stereocenters. The van der Waals surface area contributed by atoms with Gasteiger partial charge in [-0.3, -0.25) is 9.89 Å². The quantitative estimate of drug-likeness (QED) is 0.711. The van der Waals surface area contributed by atoms with E-state index in [2.05, 4.69) is 15.5 Å². The van der Waals surface area contributed by atoms with Crippen molar-refractivity contribution in [2.45, 2.75) is 13.8 Å². The Morgan fingerprint density at radius 3 is 2.72 bits per heavy atom. The number of carbonyl (C=O) groups is 1. The molecule has 2 rings (SSSR count). The van der Waals surface area contributed by atoms with E-state index >= 15 is 0 Å². The number of nitrogens with zero attached hydrogens (tertiary/aromatic N) is 1. The number of nitrogens with two attached hydrogens (primary N) is 1. The van der Waals surface area contributed by atoms with Gasteiger partial charge in [0.1, 0.15) is 5.82 Å². The number of anilines is 2. The molecule has 1 aromatic carbocycles. The van der Waals surface area contributed by atoms with Crippen LogP contribution in [-0.2, 0) is 0 Å². The molecule has 1 heterocycles. The molecule has 0 aliphatic rings. The summed E-state index contributed by atoms with van der Waals surface area (Å²) in [5.74, 6) is -0.463. The van der Waals surface area contributed by atoms with Crippen LogP contribution < -0.4 is 11.1 Å². The SMILES string of the molecule is Cc1[nH]nc(NC(=O)c2ccc(F)c(N)c2)c1C. The molecule has 2 aromatic rings. The maximum Gasteiger partial charge on any atom is 0.256 e. The Morgan fingerprint density at radius 2 is 2.17 bits per heavy atom. The number of amides is 1. The second kappa shape index (κ2) is 4.48. The van der Waals surface area contributed by atoms with E-state index in [0.29, 0.717) is 5.82 Å². The molecule has 0 saturated carbocycles. The summed E-state index contributed by atoms with van der Waals surface area (Å²) in [7, 11) is 0. The molecule has 6 heteroatoms. The van der Waals surface area contributed by atoms with Crippen molar-refractivity contribution in [3.8, 4) is 0 Å². The van der Waals surface area contributed by atoms with Gasteiger partial charge < -0.3 is 11.1 Å². The van der Waals surface area contributed by atoms with E-state index in [9.17, 15) is 9.18 Å². The van der Waals surface area contributed by atoms with E-state index in [1.807, 2.05) is 13.8 Å². The van der Waals surface area contributed by atoms with Crippen molar-refractivity contribution in [3.63, 3.8) is 0 Å². The Hall–Kier alpha value is -2.37. The van der Waals surface area contributed by atoms with Crippen LogP contribution in [0.1, 0.15) is 21.6 Å². The predicted molar refractivity (Wildman–Crippen MR) is 66.8 cm³/mol.